The van der Waals surface area contributed by atoms with Gasteiger partial charge >= 0.3 is 0 Å². The number of hydrogen-bond acceptors (Lipinski definition) is 0. The fraction of sp³-hybridized carbons (Fsp3) is 0.900. The van der Waals surface area contributed by atoms with Gasteiger partial charge in [-0.05, 0) is 37.0 Å². The average Bonchev–Trinajstić information content (AvgIpc) is 1.56. The second-order valence-electron chi connectivity index (χ2n) is 4.85. The zero-order chi connectivity index (χ0) is 7.83. The highest BCUT2D eigenvalue weighted by atomic mass is 14.4. The highest BCUT2D eigenvalue weighted by Crippen LogP contribution is 2.44. The van der Waals surface area contributed by atoms with Crippen LogP contribution in [0.2, 0.25) is 0 Å². The second-order valence-corrected chi connectivity index (χ2v) is 4.85. The molecule has 0 N–H and O–H groups in total. The lowest BCUT2D eigenvalue weighted by molar-refractivity contribution is 0.137. The molecule has 0 spiro atoms. The topological polar surface area (TPSA) is 0 Å². The Morgan fingerprint density at radius 2 is 1.70 bits per heavy atom. The van der Waals surface area contributed by atoms with Gasteiger partial charge in [0, 0.05) is 0 Å². The molecule has 1 atom stereocenters. The van der Waals surface area contributed by atoms with Crippen LogP contribution in [0, 0.1) is 17.8 Å². The summed E-state index contributed by atoms with van der Waals surface area (Å²) < 4.78 is 0. The highest BCUT2D eigenvalue weighted by molar-refractivity contribution is 4.88. The van der Waals surface area contributed by atoms with Gasteiger partial charge in [0.15, 0.2) is 0 Å². The number of rotatable bonds is 0. The standard InChI is InChI=1S/C10H18/c1-9(2)6-5-7-10(3,4)8-9/h1H,5-8H2,2-4H3. The van der Waals surface area contributed by atoms with Gasteiger partial charge in [0.05, 0.1) is 0 Å². The average molecular weight is 138 g/mol. The SMILES string of the molecule is [CH]C1(C)CCCC(C)(C)C1. The van der Waals surface area contributed by atoms with Crippen LogP contribution < -0.4 is 0 Å². The van der Waals surface area contributed by atoms with Crippen LogP contribution in [-0.2, 0) is 0 Å². The van der Waals surface area contributed by atoms with Crippen LogP contribution in [0.3, 0.4) is 0 Å². The Morgan fingerprint density at radius 3 is 2.00 bits per heavy atom. The third-order valence-corrected chi connectivity index (χ3v) is 2.48. The van der Waals surface area contributed by atoms with Gasteiger partial charge in [-0.1, -0.05) is 27.2 Å². The van der Waals surface area contributed by atoms with E-state index in [0.717, 1.165) is 0 Å². The minimum Gasteiger partial charge on any atom is -0.0599 e. The molecule has 0 heteroatoms. The molecule has 1 saturated carbocycles. The van der Waals surface area contributed by atoms with Gasteiger partial charge in [0.2, 0.25) is 0 Å². The molecule has 0 bridgehead atoms. The van der Waals surface area contributed by atoms with E-state index in [2.05, 4.69) is 20.8 Å². The Labute approximate surface area is 65.0 Å². The van der Waals surface area contributed by atoms with Crippen molar-refractivity contribution >= 4 is 0 Å². The Morgan fingerprint density at radius 1 is 1.10 bits per heavy atom. The van der Waals surface area contributed by atoms with Gasteiger partial charge in [0.25, 0.3) is 0 Å². The fourth-order valence-electron chi connectivity index (χ4n) is 2.24. The monoisotopic (exact) mass is 138 g/mol. The summed E-state index contributed by atoms with van der Waals surface area (Å²) in [7, 11) is 0. The molecule has 2 radical (unpaired) electrons. The van der Waals surface area contributed by atoms with E-state index in [4.69, 9.17) is 6.92 Å². The van der Waals surface area contributed by atoms with Crippen LogP contribution in [-0.4, -0.2) is 0 Å². The van der Waals surface area contributed by atoms with Crippen LogP contribution in [0.1, 0.15) is 46.5 Å². The van der Waals surface area contributed by atoms with Crippen molar-refractivity contribution in [2.24, 2.45) is 10.8 Å². The maximum atomic E-state index is 6.05. The fourth-order valence-corrected chi connectivity index (χ4v) is 2.24. The minimum absolute atomic E-state index is 0.113. The largest absolute Gasteiger partial charge is 0.0599 e. The van der Waals surface area contributed by atoms with Crippen molar-refractivity contribution in [3.63, 3.8) is 0 Å². The lowest BCUT2D eigenvalue weighted by Gasteiger charge is -2.40. The minimum atomic E-state index is 0.113. The molecule has 0 heterocycles. The molecule has 0 aromatic heterocycles. The van der Waals surface area contributed by atoms with Crippen LogP contribution in [0.25, 0.3) is 0 Å². The van der Waals surface area contributed by atoms with Crippen molar-refractivity contribution < 1.29 is 0 Å². The molecule has 10 heavy (non-hydrogen) atoms. The van der Waals surface area contributed by atoms with Crippen LogP contribution >= 0.6 is 0 Å². The molecule has 0 saturated heterocycles. The third kappa shape index (κ3) is 2.00. The van der Waals surface area contributed by atoms with Crippen LogP contribution in [0.5, 0.6) is 0 Å². The van der Waals surface area contributed by atoms with Crippen molar-refractivity contribution in [2.45, 2.75) is 46.5 Å². The molecular weight excluding hydrogens is 120 g/mol. The summed E-state index contributed by atoms with van der Waals surface area (Å²) in [5, 5.41) is 0. The molecule has 58 valence electrons. The van der Waals surface area contributed by atoms with E-state index >= 15 is 0 Å². The van der Waals surface area contributed by atoms with Crippen molar-refractivity contribution in [2.75, 3.05) is 0 Å². The molecule has 1 aliphatic carbocycles. The zero-order valence-corrected chi connectivity index (χ0v) is 7.41. The molecule has 0 aromatic rings. The number of hydrogen-bond donors (Lipinski definition) is 0. The first-order valence-electron chi connectivity index (χ1n) is 4.20. The molecule has 1 unspecified atom stereocenters. The Kier molecular flexibility index (Phi) is 1.82. The maximum Gasteiger partial charge on any atom is -0.0287 e. The van der Waals surface area contributed by atoms with E-state index in [0.29, 0.717) is 5.41 Å². The first kappa shape index (κ1) is 8.10. The van der Waals surface area contributed by atoms with Crippen molar-refractivity contribution in [3.8, 4) is 0 Å². The van der Waals surface area contributed by atoms with Crippen LogP contribution in [0.15, 0.2) is 0 Å². The Balaban J connectivity index is 2.56. The quantitative estimate of drug-likeness (QED) is 0.482. The molecular formula is C10H18. The molecule has 0 nitrogen and oxygen atoms in total. The summed E-state index contributed by atoms with van der Waals surface area (Å²) in [6, 6.07) is 0. The smallest absolute Gasteiger partial charge is 0.0287 e. The van der Waals surface area contributed by atoms with E-state index in [1.807, 2.05) is 0 Å². The lowest BCUT2D eigenvalue weighted by Crippen LogP contribution is -2.28. The van der Waals surface area contributed by atoms with E-state index in [9.17, 15) is 0 Å². The van der Waals surface area contributed by atoms with Crippen molar-refractivity contribution in [3.05, 3.63) is 6.92 Å². The zero-order valence-electron chi connectivity index (χ0n) is 7.41. The van der Waals surface area contributed by atoms with E-state index in [1.54, 1.807) is 0 Å². The van der Waals surface area contributed by atoms with Gasteiger partial charge in [0.1, 0.15) is 0 Å². The van der Waals surface area contributed by atoms with Crippen LogP contribution in [0.4, 0.5) is 0 Å². The van der Waals surface area contributed by atoms with Gasteiger partial charge < -0.3 is 0 Å². The first-order valence-corrected chi connectivity index (χ1v) is 4.20. The molecule has 0 aliphatic heterocycles. The summed E-state index contributed by atoms with van der Waals surface area (Å²) in [6.07, 6.45) is 5.04. The predicted molar refractivity (Wildman–Crippen MR) is 44.7 cm³/mol. The van der Waals surface area contributed by atoms with E-state index in [-0.39, 0.29) is 5.41 Å². The molecule has 0 aromatic carbocycles. The molecule has 0 amide bonds. The summed E-state index contributed by atoms with van der Waals surface area (Å²) in [5.74, 6) is 0. The first-order chi connectivity index (χ1) is 4.41. The van der Waals surface area contributed by atoms with Crippen molar-refractivity contribution in [1.82, 2.24) is 0 Å². The predicted octanol–water partition coefficient (Wildman–Crippen LogP) is 3.30. The Hall–Kier alpha value is 0. The molecule has 1 fully saturated rings. The van der Waals surface area contributed by atoms with Gasteiger partial charge in [-0.15, -0.1) is 0 Å². The van der Waals surface area contributed by atoms with E-state index < -0.39 is 0 Å². The normalized spacial score (nSPS) is 30.0. The summed E-state index contributed by atoms with van der Waals surface area (Å²) in [5.41, 5.74) is 0.601. The maximum absolute atomic E-state index is 6.05. The van der Waals surface area contributed by atoms with Gasteiger partial charge in [-0.25, -0.2) is 0 Å². The second kappa shape index (κ2) is 2.25. The van der Waals surface area contributed by atoms with E-state index in [1.165, 1.54) is 25.7 Å². The summed E-state index contributed by atoms with van der Waals surface area (Å²) in [6.45, 7) is 12.9. The van der Waals surface area contributed by atoms with Gasteiger partial charge in [-0.2, -0.15) is 0 Å². The highest BCUT2D eigenvalue weighted by Gasteiger charge is 2.32. The third-order valence-electron chi connectivity index (χ3n) is 2.48. The van der Waals surface area contributed by atoms with Crippen molar-refractivity contribution in [1.29, 1.82) is 0 Å². The molecule has 1 rings (SSSR count). The Bertz CT molecular complexity index is 106. The van der Waals surface area contributed by atoms with Gasteiger partial charge in [-0.3, -0.25) is 0 Å². The lowest BCUT2D eigenvalue weighted by atomic mass is 9.65. The molecule has 1 aliphatic rings. The summed E-state index contributed by atoms with van der Waals surface area (Å²) in [4.78, 5) is 0. The summed E-state index contributed by atoms with van der Waals surface area (Å²) >= 11 is 0.